The molecule has 0 heterocycles. The summed E-state index contributed by atoms with van der Waals surface area (Å²) >= 11 is 0. The number of carboxylic acids is 1. The summed E-state index contributed by atoms with van der Waals surface area (Å²) in [4.78, 5) is 25.3. The number of carbonyl (C=O) groups is 2. The highest BCUT2D eigenvalue weighted by Gasteiger charge is 2.46. The van der Waals surface area contributed by atoms with Gasteiger partial charge in [0.2, 0.25) is 0 Å². The second kappa shape index (κ2) is 5.85. The first-order valence-electron chi connectivity index (χ1n) is 8.00. The molecular formula is C16H28N2O3. The summed E-state index contributed by atoms with van der Waals surface area (Å²) < 4.78 is 0. The van der Waals surface area contributed by atoms with Crippen LogP contribution in [0.1, 0.15) is 58.8 Å². The number of rotatable bonds is 5. The molecule has 0 radical (unpaired) electrons. The Kier molecular flexibility index (Phi) is 4.49. The van der Waals surface area contributed by atoms with Crippen LogP contribution in [0, 0.1) is 11.3 Å². The summed E-state index contributed by atoms with van der Waals surface area (Å²) in [5.41, 5.74) is -0.164. The van der Waals surface area contributed by atoms with E-state index in [9.17, 15) is 14.7 Å². The molecule has 2 fully saturated rings. The van der Waals surface area contributed by atoms with Gasteiger partial charge in [0.05, 0.1) is 12.0 Å². The van der Waals surface area contributed by atoms with Gasteiger partial charge in [0.1, 0.15) is 0 Å². The molecule has 5 nitrogen and oxygen atoms in total. The van der Waals surface area contributed by atoms with Gasteiger partial charge in [0.15, 0.2) is 0 Å². The van der Waals surface area contributed by atoms with E-state index in [0.29, 0.717) is 17.9 Å². The number of aliphatic carboxylic acids is 1. The molecule has 0 spiro atoms. The van der Waals surface area contributed by atoms with Gasteiger partial charge in [-0.25, -0.2) is 4.79 Å². The molecule has 5 heteroatoms. The Balaban J connectivity index is 1.95. The van der Waals surface area contributed by atoms with E-state index in [1.807, 2.05) is 0 Å². The van der Waals surface area contributed by atoms with Crippen molar-refractivity contribution in [1.82, 2.24) is 10.2 Å². The molecular weight excluding hydrogens is 268 g/mol. The summed E-state index contributed by atoms with van der Waals surface area (Å²) in [6.45, 7) is 5.11. The second-order valence-corrected chi connectivity index (χ2v) is 7.49. The third kappa shape index (κ3) is 3.69. The Hall–Kier alpha value is -1.26. The van der Waals surface area contributed by atoms with E-state index < -0.39 is 11.5 Å². The highest BCUT2D eigenvalue weighted by molar-refractivity contribution is 5.76. The molecule has 2 saturated carbocycles. The van der Waals surface area contributed by atoms with Crippen molar-refractivity contribution in [3.63, 3.8) is 0 Å². The van der Waals surface area contributed by atoms with Crippen LogP contribution in [0.5, 0.6) is 0 Å². The van der Waals surface area contributed by atoms with Crippen LogP contribution in [0.15, 0.2) is 0 Å². The standard InChI is InChI=1S/C16H28N2O3/c1-15(2)9-12(15)11-17-14(21)18(3)16(10-13(19)20)7-5-4-6-8-16/h12H,4-11H2,1-3H3,(H,17,21)(H,19,20). The van der Waals surface area contributed by atoms with Gasteiger partial charge in [-0.05, 0) is 30.6 Å². The maximum Gasteiger partial charge on any atom is 0.317 e. The molecule has 1 unspecified atom stereocenters. The van der Waals surface area contributed by atoms with Crippen molar-refractivity contribution >= 4 is 12.0 Å². The van der Waals surface area contributed by atoms with Crippen molar-refractivity contribution < 1.29 is 14.7 Å². The van der Waals surface area contributed by atoms with Gasteiger partial charge in [-0.1, -0.05) is 33.1 Å². The normalized spacial score (nSPS) is 26.0. The zero-order valence-electron chi connectivity index (χ0n) is 13.4. The number of nitrogens with zero attached hydrogens (tertiary/aromatic N) is 1. The monoisotopic (exact) mass is 296 g/mol. The third-order valence-corrected chi connectivity index (χ3v) is 5.50. The van der Waals surface area contributed by atoms with Crippen LogP contribution in [-0.2, 0) is 4.79 Å². The number of nitrogens with one attached hydrogen (secondary N) is 1. The van der Waals surface area contributed by atoms with E-state index in [0.717, 1.165) is 38.5 Å². The highest BCUT2D eigenvalue weighted by Crippen LogP contribution is 2.51. The molecule has 0 aliphatic heterocycles. The predicted octanol–water partition coefficient (Wildman–Crippen LogP) is 2.85. The maximum atomic E-state index is 12.4. The first-order chi connectivity index (χ1) is 9.77. The molecule has 1 atom stereocenters. The van der Waals surface area contributed by atoms with Crippen molar-refractivity contribution in [2.75, 3.05) is 13.6 Å². The fourth-order valence-corrected chi connectivity index (χ4v) is 3.59. The lowest BCUT2D eigenvalue weighted by Crippen LogP contribution is -2.55. The minimum Gasteiger partial charge on any atom is -0.481 e. The van der Waals surface area contributed by atoms with Crippen LogP contribution in [0.4, 0.5) is 4.79 Å². The molecule has 0 aromatic heterocycles. The van der Waals surface area contributed by atoms with Gasteiger partial charge in [0, 0.05) is 13.6 Å². The molecule has 2 aliphatic carbocycles. The van der Waals surface area contributed by atoms with Crippen molar-refractivity contribution in [3.05, 3.63) is 0 Å². The van der Waals surface area contributed by atoms with Gasteiger partial charge in [-0.2, -0.15) is 0 Å². The van der Waals surface area contributed by atoms with Crippen LogP contribution in [0.3, 0.4) is 0 Å². The lowest BCUT2D eigenvalue weighted by molar-refractivity contribution is -0.140. The number of carbonyl (C=O) groups excluding carboxylic acids is 1. The molecule has 0 aromatic rings. The lowest BCUT2D eigenvalue weighted by atomic mass is 9.78. The summed E-state index contributed by atoms with van der Waals surface area (Å²) in [5.74, 6) is -0.267. The Bertz CT molecular complexity index is 414. The maximum absolute atomic E-state index is 12.4. The Morgan fingerprint density at radius 3 is 2.29 bits per heavy atom. The van der Waals surface area contributed by atoms with E-state index in [4.69, 9.17) is 0 Å². The van der Waals surface area contributed by atoms with Crippen molar-refractivity contribution in [1.29, 1.82) is 0 Å². The second-order valence-electron chi connectivity index (χ2n) is 7.49. The first-order valence-corrected chi connectivity index (χ1v) is 8.00. The van der Waals surface area contributed by atoms with E-state index in [1.54, 1.807) is 11.9 Å². The minimum atomic E-state index is -0.820. The van der Waals surface area contributed by atoms with Crippen LogP contribution in [-0.4, -0.2) is 41.1 Å². The predicted molar refractivity (Wildman–Crippen MR) is 81.1 cm³/mol. The molecule has 0 saturated heterocycles. The SMILES string of the molecule is CN(C(=O)NCC1CC1(C)C)C1(CC(=O)O)CCCCC1. The summed E-state index contributed by atoms with van der Waals surface area (Å²) in [6.07, 6.45) is 5.91. The van der Waals surface area contributed by atoms with Crippen molar-refractivity contribution in [3.8, 4) is 0 Å². The molecule has 2 amide bonds. The van der Waals surface area contributed by atoms with E-state index in [1.165, 1.54) is 0 Å². The number of hydrogen-bond donors (Lipinski definition) is 2. The largest absolute Gasteiger partial charge is 0.481 e. The summed E-state index contributed by atoms with van der Waals surface area (Å²) in [5, 5.41) is 12.2. The number of carboxylic acid groups (broad SMARTS) is 1. The van der Waals surface area contributed by atoms with Gasteiger partial charge in [-0.3, -0.25) is 4.79 Å². The average molecular weight is 296 g/mol. The van der Waals surface area contributed by atoms with Crippen LogP contribution in [0.2, 0.25) is 0 Å². The Morgan fingerprint density at radius 2 is 1.81 bits per heavy atom. The number of amides is 2. The summed E-state index contributed by atoms with van der Waals surface area (Å²) in [7, 11) is 1.75. The lowest BCUT2D eigenvalue weighted by Gasteiger charge is -2.43. The third-order valence-electron chi connectivity index (χ3n) is 5.50. The van der Waals surface area contributed by atoms with Gasteiger partial charge < -0.3 is 15.3 Å². The highest BCUT2D eigenvalue weighted by atomic mass is 16.4. The minimum absolute atomic E-state index is 0.0475. The first kappa shape index (κ1) is 16.1. The van der Waals surface area contributed by atoms with Gasteiger partial charge in [-0.15, -0.1) is 0 Å². The van der Waals surface area contributed by atoms with Gasteiger partial charge in [0.25, 0.3) is 0 Å². The molecule has 120 valence electrons. The Labute approximate surface area is 127 Å². The quantitative estimate of drug-likeness (QED) is 0.819. The molecule has 0 bridgehead atoms. The Morgan fingerprint density at radius 1 is 1.24 bits per heavy atom. The molecule has 2 rings (SSSR count). The van der Waals surface area contributed by atoms with Crippen molar-refractivity contribution in [2.45, 2.75) is 64.3 Å². The van der Waals surface area contributed by atoms with Crippen LogP contribution in [0.25, 0.3) is 0 Å². The smallest absolute Gasteiger partial charge is 0.317 e. The van der Waals surface area contributed by atoms with Gasteiger partial charge >= 0.3 is 12.0 Å². The zero-order chi connectivity index (χ0) is 15.7. The number of hydrogen-bond acceptors (Lipinski definition) is 2. The average Bonchev–Trinajstić information content (AvgIpc) is 3.03. The zero-order valence-corrected chi connectivity index (χ0v) is 13.4. The molecule has 2 aliphatic rings. The van der Waals surface area contributed by atoms with Crippen molar-refractivity contribution in [2.24, 2.45) is 11.3 Å². The fraction of sp³-hybridized carbons (Fsp3) is 0.875. The molecule has 21 heavy (non-hydrogen) atoms. The van der Waals surface area contributed by atoms with E-state index in [2.05, 4.69) is 19.2 Å². The molecule has 0 aromatic carbocycles. The topological polar surface area (TPSA) is 69.6 Å². The summed E-state index contributed by atoms with van der Waals surface area (Å²) in [6, 6.07) is -0.124. The molecule has 2 N–H and O–H groups in total. The van der Waals surface area contributed by atoms with Crippen LogP contribution < -0.4 is 5.32 Å². The van der Waals surface area contributed by atoms with E-state index in [-0.39, 0.29) is 12.5 Å². The van der Waals surface area contributed by atoms with Crippen LogP contribution >= 0.6 is 0 Å². The van der Waals surface area contributed by atoms with E-state index >= 15 is 0 Å². The number of urea groups is 1. The fourth-order valence-electron chi connectivity index (χ4n) is 3.59.